The van der Waals surface area contributed by atoms with Crippen LogP contribution in [-0.2, 0) is 4.79 Å². The molecule has 1 fully saturated rings. The van der Waals surface area contributed by atoms with Crippen LogP contribution < -0.4 is 0 Å². The number of carboxylic acid groups (broad SMARTS) is 1. The lowest BCUT2D eigenvalue weighted by Crippen LogP contribution is -2.49. The van der Waals surface area contributed by atoms with Crippen LogP contribution in [0.15, 0.2) is 18.2 Å². The molecule has 1 saturated heterocycles. The summed E-state index contributed by atoms with van der Waals surface area (Å²) in [6.45, 7) is 4.68. The number of hydrogen-bond acceptors (Lipinski definition) is 4. The molecule has 6 heteroatoms. The molecule has 0 aromatic heterocycles. The first-order valence-electron chi connectivity index (χ1n) is 7.01. The predicted molar refractivity (Wildman–Crippen MR) is 77.4 cm³/mol. The summed E-state index contributed by atoms with van der Waals surface area (Å²) in [6, 6.07) is 5.14. The van der Waals surface area contributed by atoms with E-state index in [0.29, 0.717) is 43.9 Å². The largest absolute Gasteiger partial charge is 0.507 e. The minimum Gasteiger partial charge on any atom is -0.507 e. The number of benzene rings is 1. The average Bonchev–Trinajstić information content (AvgIpc) is 2.48. The van der Waals surface area contributed by atoms with Gasteiger partial charge >= 0.3 is 5.97 Å². The Morgan fingerprint density at radius 3 is 2.48 bits per heavy atom. The second-order valence-electron chi connectivity index (χ2n) is 5.25. The molecule has 0 aliphatic carbocycles. The van der Waals surface area contributed by atoms with Gasteiger partial charge in [0.2, 0.25) is 0 Å². The standard InChI is InChI=1S/C15H20N2O4/c1-11-3-2-4-12(14(11)20)15(21)17-9-7-16(8-10-17)6-5-13(18)19/h2-4,20H,5-10H2,1H3,(H,18,19). The van der Waals surface area contributed by atoms with Crippen LogP contribution in [0, 0.1) is 6.92 Å². The van der Waals surface area contributed by atoms with E-state index < -0.39 is 5.97 Å². The Kier molecular flexibility index (Phi) is 4.80. The lowest BCUT2D eigenvalue weighted by Gasteiger charge is -2.34. The van der Waals surface area contributed by atoms with Crippen LogP contribution in [0.3, 0.4) is 0 Å². The topological polar surface area (TPSA) is 81.1 Å². The van der Waals surface area contributed by atoms with E-state index in [2.05, 4.69) is 0 Å². The molecule has 1 aromatic carbocycles. The van der Waals surface area contributed by atoms with Crippen molar-refractivity contribution in [3.63, 3.8) is 0 Å². The average molecular weight is 292 g/mol. The smallest absolute Gasteiger partial charge is 0.304 e. The first-order chi connectivity index (χ1) is 9.99. The van der Waals surface area contributed by atoms with Crippen molar-refractivity contribution >= 4 is 11.9 Å². The monoisotopic (exact) mass is 292 g/mol. The highest BCUT2D eigenvalue weighted by atomic mass is 16.4. The van der Waals surface area contributed by atoms with Crippen LogP contribution >= 0.6 is 0 Å². The van der Waals surface area contributed by atoms with Gasteiger partial charge in [0, 0.05) is 32.7 Å². The highest BCUT2D eigenvalue weighted by Gasteiger charge is 2.24. The van der Waals surface area contributed by atoms with Gasteiger partial charge in [0.25, 0.3) is 5.91 Å². The van der Waals surface area contributed by atoms with Crippen LogP contribution in [0.5, 0.6) is 5.75 Å². The van der Waals surface area contributed by atoms with Crippen molar-refractivity contribution in [1.82, 2.24) is 9.80 Å². The second kappa shape index (κ2) is 6.58. The summed E-state index contributed by atoms with van der Waals surface area (Å²) in [4.78, 5) is 26.7. The Hall–Kier alpha value is -2.08. The van der Waals surface area contributed by atoms with Gasteiger partial charge in [0.1, 0.15) is 5.75 Å². The third kappa shape index (κ3) is 3.72. The number of piperazine rings is 1. The molecule has 1 heterocycles. The Morgan fingerprint density at radius 1 is 1.19 bits per heavy atom. The molecular weight excluding hydrogens is 272 g/mol. The maximum atomic E-state index is 12.4. The first-order valence-corrected chi connectivity index (χ1v) is 7.01. The maximum Gasteiger partial charge on any atom is 0.304 e. The third-order valence-corrected chi connectivity index (χ3v) is 3.77. The van der Waals surface area contributed by atoms with E-state index in [-0.39, 0.29) is 18.1 Å². The first kappa shape index (κ1) is 15.3. The predicted octanol–water partition coefficient (Wildman–Crippen LogP) is 0.933. The van der Waals surface area contributed by atoms with E-state index in [1.165, 1.54) is 0 Å². The van der Waals surface area contributed by atoms with Gasteiger partial charge < -0.3 is 15.1 Å². The lowest BCUT2D eigenvalue weighted by molar-refractivity contribution is -0.137. The van der Waals surface area contributed by atoms with Crippen LogP contribution in [-0.4, -0.2) is 64.6 Å². The van der Waals surface area contributed by atoms with E-state index in [9.17, 15) is 14.7 Å². The lowest BCUT2D eigenvalue weighted by atomic mass is 10.1. The Labute approximate surface area is 123 Å². The second-order valence-corrected chi connectivity index (χ2v) is 5.25. The zero-order valence-corrected chi connectivity index (χ0v) is 12.1. The van der Waals surface area contributed by atoms with E-state index >= 15 is 0 Å². The van der Waals surface area contributed by atoms with Crippen LogP contribution in [0.25, 0.3) is 0 Å². The fourth-order valence-corrected chi connectivity index (χ4v) is 2.43. The van der Waals surface area contributed by atoms with Gasteiger partial charge in [-0.15, -0.1) is 0 Å². The van der Waals surface area contributed by atoms with E-state index in [0.717, 1.165) is 0 Å². The number of phenolic OH excluding ortho intramolecular Hbond substituents is 1. The van der Waals surface area contributed by atoms with Gasteiger partial charge in [0.05, 0.1) is 12.0 Å². The number of rotatable bonds is 4. The molecule has 0 spiro atoms. The van der Waals surface area contributed by atoms with Crippen LogP contribution in [0.1, 0.15) is 22.3 Å². The molecular formula is C15H20N2O4. The summed E-state index contributed by atoms with van der Waals surface area (Å²) in [7, 11) is 0. The number of hydrogen-bond donors (Lipinski definition) is 2. The molecule has 1 aliphatic heterocycles. The number of carbonyl (C=O) groups is 2. The molecule has 0 unspecified atom stereocenters. The zero-order valence-electron chi connectivity index (χ0n) is 12.1. The van der Waals surface area contributed by atoms with E-state index in [4.69, 9.17) is 5.11 Å². The normalized spacial score (nSPS) is 16.0. The molecule has 2 rings (SSSR count). The number of nitrogens with zero attached hydrogens (tertiary/aromatic N) is 2. The number of para-hydroxylation sites is 1. The number of aryl methyl sites for hydroxylation is 1. The van der Waals surface area contributed by atoms with Gasteiger partial charge in [-0.1, -0.05) is 12.1 Å². The number of phenols is 1. The number of aliphatic carboxylic acids is 1. The van der Waals surface area contributed by atoms with E-state index in [1.54, 1.807) is 30.0 Å². The Balaban J connectivity index is 1.94. The highest BCUT2D eigenvalue weighted by Crippen LogP contribution is 2.23. The molecule has 0 radical (unpaired) electrons. The van der Waals surface area contributed by atoms with Gasteiger partial charge in [-0.05, 0) is 18.6 Å². The van der Waals surface area contributed by atoms with Crippen molar-refractivity contribution in [3.8, 4) is 5.75 Å². The molecule has 1 aromatic rings. The van der Waals surface area contributed by atoms with E-state index in [1.807, 2.05) is 4.90 Å². The fraction of sp³-hybridized carbons (Fsp3) is 0.467. The van der Waals surface area contributed by atoms with Gasteiger partial charge in [-0.2, -0.15) is 0 Å². The Morgan fingerprint density at radius 2 is 1.86 bits per heavy atom. The summed E-state index contributed by atoms with van der Waals surface area (Å²) < 4.78 is 0. The third-order valence-electron chi connectivity index (χ3n) is 3.77. The number of aromatic hydroxyl groups is 1. The molecule has 21 heavy (non-hydrogen) atoms. The molecule has 0 saturated carbocycles. The van der Waals surface area contributed by atoms with Crippen molar-refractivity contribution in [3.05, 3.63) is 29.3 Å². The summed E-state index contributed by atoms with van der Waals surface area (Å²) >= 11 is 0. The molecule has 6 nitrogen and oxygen atoms in total. The minimum atomic E-state index is -0.807. The van der Waals surface area contributed by atoms with Crippen LogP contribution in [0.4, 0.5) is 0 Å². The molecule has 0 atom stereocenters. The van der Waals surface area contributed by atoms with Gasteiger partial charge in [-0.3, -0.25) is 14.5 Å². The van der Waals surface area contributed by atoms with Gasteiger partial charge in [-0.25, -0.2) is 0 Å². The number of carboxylic acids is 1. The minimum absolute atomic E-state index is 0.0378. The number of carbonyl (C=O) groups excluding carboxylic acids is 1. The SMILES string of the molecule is Cc1cccc(C(=O)N2CCN(CCC(=O)O)CC2)c1O. The summed E-state index contributed by atoms with van der Waals surface area (Å²) in [5.41, 5.74) is 1.01. The zero-order chi connectivity index (χ0) is 15.4. The van der Waals surface area contributed by atoms with Gasteiger partial charge in [0.15, 0.2) is 0 Å². The summed E-state index contributed by atoms with van der Waals surface area (Å²) in [6.07, 6.45) is 0.118. The van der Waals surface area contributed by atoms with Crippen molar-refractivity contribution in [2.24, 2.45) is 0 Å². The quantitative estimate of drug-likeness (QED) is 0.863. The molecule has 1 amide bonds. The van der Waals surface area contributed by atoms with Crippen LogP contribution in [0.2, 0.25) is 0 Å². The fourth-order valence-electron chi connectivity index (χ4n) is 2.43. The summed E-state index contributed by atoms with van der Waals surface area (Å²) in [5.74, 6) is -0.942. The molecule has 0 bridgehead atoms. The molecule has 1 aliphatic rings. The highest BCUT2D eigenvalue weighted by molar-refractivity contribution is 5.97. The van der Waals surface area contributed by atoms with Crippen molar-refractivity contribution < 1.29 is 19.8 Å². The molecule has 2 N–H and O–H groups in total. The van der Waals surface area contributed by atoms with Crippen molar-refractivity contribution in [2.45, 2.75) is 13.3 Å². The Bertz CT molecular complexity index is 536. The summed E-state index contributed by atoms with van der Waals surface area (Å²) in [5, 5.41) is 18.6. The molecule has 114 valence electrons. The van der Waals surface area contributed by atoms with Crippen molar-refractivity contribution in [1.29, 1.82) is 0 Å². The van der Waals surface area contributed by atoms with Crippen molar-refractivity contribution in [2.75, 3.05) is 32.7 Å². The maximum absolute atomic E-state index is 12.4. The number of amides is 1.